The summed E-state index contributed by atoms with van der Waals surface area (Å²) < 4.78 is 12.2. The molecule has 1 aliphatic rings. The fourth-order valence-corrected chi connectivity index (χ4v) is 2.75. The van der Waals surface area contributed by atoms with E-state index >= 15 is 0 Å². The minimum atomic E-state index is -0.408. The minimum Gasteiger partial charge on any atom is -0.486 e. The van der Waals surface area contributed by atoms with Gasteiger partial charge in [0.1, 0.15) is 13.2 Å². The van der Waals surface area contributed by atoms with Gasteiger partial charge >= 0.3 is 0 Å². The smallest absolute Gasteiger partial charge is 0.175 e. The van der Waals surface area contributed by atoms with E-state index in [0.29, 0.717) is 13.2 Å². The van der Waals surface area contributed by atoms with Crippen LogP contribution in [0.25, 0.3) is 0 Å². The van der Waals surface area contributed by atoms with Crippen LogP contribution in [0.3, 0.4) is 0 Å². The summed E-state index contributed by atoms with van der Waals surface area (Å²) in [6, 6.07) is 1.51. The molecule has 1 heterocycles. The van der Waals surface area contributed by atoms with Crippen molar-refractivity contribution < 1.29 is 14.6 Å². The Hall–Kier alpha value is -0.780. The predicted octanol–water partition coefficient (Wildman–Crippen LogP) is 2.34. The molecule has 18 heavy (non-hydrogen) atoms. The van der Waals surface area contributed by atoms with Crippen molar-refractivity contribution in [3.63, 3.8) is 0 Å². The number of hydrogen-bond donors (Lipinski definition) is 2. The lowest BCUT2D eigenvalue weighted by atomic mass is 9.91. The summed E-state index contributed by atoms with van der Waals surface area (Å²) in [5.74, 6) is 1.74. The van der Waals surface area contributed by atoms with Crippen LogP contribution in [0.5, 0.6) is 11.5 Å². The third-order valence-corrected chi connectivity index (χ3v) is 3.60. The first-order valence-corrected chi connectivity index (χ1v) is 6.83. The van der Waals surface area contributed by atoms with E-state index in [-0.39, 0.29) is 12.5 Å². The van der Waals surface area contributed by atoms with Crippen molar-refractivity contribution in [3.05, 3.63) is 21.7 Å². The third-order valence-electron chi connectivity index (χ3n) is 3.01. The van der Waals surface area contributed by atoms with Gasteiger partial charge in [-0.2, -0.15) is 0 Å². The van der Waals surface area contributed by atoms with Gasteiger partial charge in [-0.3, -0.25) is 0 Å². The summed E-state index contributed by atoms with van der Waals surface area (Å²) in [4.78, 5) is 0. The monoisotopic (exact) mass is 315 g/mol. The third kappa shape index (κ3) is 2.35. The van der Waals surface area contributed by atoms with E-state index in [0.717, 1.165) is 27.1 Å². The highest BCUT2D eigenvalue weighted by Gasteiger charge is 2.26. The van der Waals surface area contributed by atoms with Crippen molar-refractivity contribution in [1.82, 2.24) is 0 Å². The Kier molecular flexibility index (Phi) is 4.14. The van der Waals surface area contributed by atoms with Gasteiger partial charge in [0.05, 0.1) is 17.1 Å². The van der Waals surface area contributed by atoms with Crippen LogP contribution in [0.4, 0.5) is 0 Å². The summed E-state index contributed by atoms with van der Waals surface area (Å²) in [5.41, 5.74) is 7.90. The van der Waals surface area contributed by atoms with Crippen molar-refractivity contribution in [1.29, 1.82) is 0 Å². The Morgan fingerprint density at radius 2 is 1.94 bits per heavy atom. The molecule has 100 valence electrons. The molecule has 1 atom stereocenters. The zero-order valence-corrected chi connectivity index (χ0v) is 12.2. The van der Waals surface area contributed by atoms with Gasteiger partial charge in [0, 0.05) is 5.56 Å². The summed E-state index contributed by atoms with van der Waals surface area (Å²) in [5, 5.41) is 9.28. The molecule has 0 fully saturated rings. The normalized spacial score (nSPS) is 15.9. The number of fused-ring (bicyclic) bond motifs is 1. The lowest BCUT2D eigenvalue weighted by Crippen LogP contribution is -2.22. The standard InChI is InChI=1S/C13H18BrNO3/c1-7(2)11-8(10(15)6-16)5-9(14)12-13(11)18-4-3-17-12/h5,7,10,16H,3-4,6,15H2,1-2H3. The van der Waals surface area contributed by atoms with Crippen molar-refractivity contribution in [3.8, 4) is 11.5 Å². The molecule has 4 nitrogen and oxygen atoms in total. The van der Waals surface area contributed by atoms with E-state index in [4.69, 9.17) is 15.2 Å². The highest BCUT2D eigenvalue weighted by atomic mass is 79.9. The van der Waals surface area contributed by atoms with Gasteiger partial charge in [0.25, 0.3) is 0 Å². The number of hydrogen-bond acceptors (Lipinski definition) is 4. The molecule has 0 radical (unpaired) electrons. The Labute approximate surface area is 115 Å². The largest absolute Gasteiger partial charge is 0.486 e. The number of benzene rings is 1. The van der Waals surface area contributed by atoms with E-state index < -0.39 is 6.04 Å². The molecule has 5 heteroatoms. The molecule has 3 N–H and O–H groups in total. The molecule has 0 saturated heterocycles. The zero-order valence-electron chi connectivity index (χ0n) is 10.6. The van der Waals surface area contributed by atoms with Crippen molar-refractivity contribution in [2.24, 2.45) is 5.73 Å². The Morgan fingerprint density at radius 3 is 2.50 bits per heavy atom. The van der Waals surface area contributed by atoms with Crippen LogP contribution in [0.15, 0.2) is 10.5 Å². The van der Waals surface area contributed by atoms with Crippen LogP contribution < -0.4 is 15.2 Å². The summed E-state index contributed by atoms with van der Waals surface area (Å²) >= 11 is 3.47. The van der Waals surface area contributed by atoms with Crippen molar-refractivity contribution >= 4 is 15.9 Å². The molecule has 0 spiro atoms. The highest BCUT2D eigenvalue weighted by Crippen LogP contribution is 2.46. The van der Waals surface area contributed by atoms with E-state index in [1.165, 1.54) is 0 Å². The van der Waals surface area contributed by atoms with Crippen molar-refractivity contribution in [2.75, 3.05) is 19.8 Å². The maximum atomic E-state index is 9.28. The number of aliphatic hydroxyl groups excluding tert-OH is 1. The van der Waals surface area contributed by atoms with Crippen LogP contribution >= 0.6 is 15.9 Å². The number of halogens is 1. The average Bonchev–Trinajstić information content (AvgIpc) is 2.37. The van der Waals surface area contributed by atoms with E-state index in [1.807, 2.05) is 6.07 Å². The summed E-state index contributed by atoms with van der Waals surface area (Å²) in [6.07, 6.45) is 0. The van der Waals surface area contributed by atoms with Gasteiger partial charge in [-0.15, -0.1) is 0 Å². The molecule has 1 aromatic carbocycles. The van der Waals surface area contributed by atoms with Crippen LogP contribution in [-0.2, 0) is 0 Å². The molecule has 0 aliphatic carbocycles. The topological polar surface area (TPSA) is 64.7 Å². The number of nitrogens with two attached hydrogens (primary N) is 1. The lowest BCUT2D eigenvalue weighted by Gasteiger charge is -2.27. The predicted molar refractivity (Wildman–Crippen MR) is 73.2 cm³/mol. The molecule has 2 rings (SSSR count). The molecule has 1 unspecified atom stereocenters. The van der Waals surface area contributed by atoms with Crippen molar-refractivity contribution in [2.45, 2.75) is 25.8 Å². The average molecular weight is 316 g/mol. The second kappa shape index (κ2) is 5.47. The number of aliphatic hydroxyl groups is 1. The first kappa shape index (κ1) is 13.6. The molecular formula is C13H18BrNO3. The van der Waals surface area contributed by atoms with Gasteiger partial charge in [-0.25, -0.2) is 0 Å². The first-order valence-electron chi connectivity index (χ1n) is 6.04. The Morgan fingerprint density at radius 1 is 1.33 bits per heavy atom. The van der Waals surface area contributed by atoms with Gasteiger partial charge in [0.15, 0.2) is 11.5 Å². The molecule has 0 saturated carbocycles. The minimum absolute atomic E-state index is 0.0915. The van der Waals surface area contributed by atoms with Crippen LogP contribution in [0.2, 0.25) is 0 Å². The van der Waals surface area contributed by atoms with Crippen LogP contribution in [-0.4, -0.2) is 24.9 Å². The molecule has 0 bridgehead atoms. The molecule has 0 aromatic heterocycles. The quantitative estimate of drug-likeness (QED) is 0.898. The van der Waals surface area contributed by atoms with E-state index in [1.54, 1.807) is 0 Å². The Bertz CT molecular complexity index is 448. The number of rotatable bonds is 3. The fraction of sp³-hybridized carbons (Fsp3) is 0.538. The summed E-state index contributed by atoms with van der Waals surface area (Å²) in [6.45, 7) is 5.15. The van der Waals surface area contributed by atoms with Crippen LogP contribution in [0, 0.1) is 0 Å². The Balaban J connectivity index is 2.63. The SMILES string of the molecule is CC(C)c1c(C(N)CO)cc(Br)c2c1OCCO2. The maximum absolute atomic E-state index is 9.28. The fourth-order valence-electron chi connectivity index (χ4n) is 2.21. The van der Waals surface area contributed by atoms with Gasteiger partial charge in [-0.1, -0.05) is 13.8 Å². The zero-order chi connectivity index (χ0) is 13.3. The lowest BCUT2D eigenvalue weighted by molar-refractivity contribution is 0.167. The molecule has 1 aromatic rings. The summed E-state index contributed by atoms with van der Waals surface area (Å²) in [7, 11) is 0. The van der Waals surface area contributed by atoms with Crippen LogP contribution in [0.1, 0.15) is 36.9 Å². The van der Waals surface area contributed by atoms with Gasteiger partial charge < -0.3 is 20.3 Å². The molecular weight excluding hydrogens is 298 g/mol. The van der Waals surface area contributed by atoms with E-state index in [2.05, 4.69) is 29.8 Å². The highest BCUT2D eigenvalue weighted by molar-refractivity contribution is 9.10. The molecule has 0 amide bonds. The van der Waals surface area contributed by atoms with Gasteiger partial charge in [0.2, 0.25) is 0 Å². The second-order valence-electron chi connectivity index (χ2n) is 4.66. The first-order chi connectivity index (χ1) is 8.56. The van der Waals surface area contributed by atoms with E-state index in [9.17, 15) is 5.11 Å². The number of ether oxygens (including phenoxy) is 2. The van der Waals surface area contributed by atoms with Gasteiger partial charge in [-0.05, 0) is 33.5 Å². The second-order valence-corrected chi connectivity index (χ2v) is 5.51. The molecule has 1 aliphatic heterocycles. The maximum Gasteiger partial charge on any atom is 0.175 e.